The van der Waals surface area contributed by atoms with Gasteiger partial charge >= 0.3 is 0 Å². The van der Waals surface area contributed by atoms with E-state index in [-0.39, 0.29) is 21.3 Å². The lowest BCUT2D eigenvalue weighted by Crippen LogP contribution is -1.95. The fourth-order valence-corrected chi connectivity index (χ4v) is 3.60. The summed E-state index contributed by atoms with van der Waals surface area (Å²) < 4.78 is 23.4. The summed E-state index contributed by atoms with van der Waals surface area (Å²) in [7, 11) is -3.55. The molecule has 0 radical (unpaired) electrons. The van der Waals surface area contributed by atoms with Crippen molar-refractivity contribution in [3.63, 3.8) is 0 Å². The number of rotatable bonds is 1. The fourth-order valence-electron chi connectivity index (χ4n) is 1.56. The van der Waals surface area contributed by atoms with E-state index in [9.17, 15) is 13.2 Å². The number of fused-ring (bicyclic) bond motifs is 1. The first-order valence-electron chi connectivity index (χ1n) is 4.20. The highest BCUT2D eigenvalue weighted by Gasteiger charge is 2.30. The average Bonchev–Trinajstić information content (AvgIpc) is 2.39. The van der Waals surface area contributed by atoms with Crippen LogP contribution in [0.5, 0.6) is 0 Å². The molecule has 1 aliphatic heterocycles. The van der Waals surface area contributed by atoms with Crippen molar-refractivity contribution < 1.29 is 13.2 Å². The molecule has 1 aromatic carbocycles. The van der Waals surface area contributed by atoms with Gasteiger partial charge in [-0.05, 0) is 13.0 Å². The van der Waals surface area contributed by atoms with E-state index in [1.165, 1.54) is 13.0 Å². The van der Waals surface area contributed by atoms with Gasteiger partial charge < -0.3 is 0 Å². The van der Waals surface area contributed by atoms with Crippen LogP contribution in [0.2, 0.25) is 5.02 Å². The SMILES string of the molecule is CC(=O)C1=CS(=O)(=O)c2c(Cl)cccc21. The van der Waals surface area contributed by atoms with Crippen molar-refractivity contribution in [3.8, 4) is 0 Å². The molecule has 0 saturated heterocycles. The van der Waals surface area contributed by atoms with Gasteiger partial charge in [-0.15, -0.1) is 0 Å². The first-order chi connectivity index (χ1) is 6.93. The van der Waals surface area contributed by atoms with Gasteiger partial charge in [0.15, 0.2) is 5.78 Å². The van der Waals surface area contributed by atoms with Crippen molar-refractivity contribution >= 4 is 32.8 Å². The zero-order valence-electron chi connectivity index (χ0n) is 7.82. The van der Waals surface area contributed by atoms with Gasteiger partial charge in [0.2, 0.25) is 9.84 Å². The van der Waals surface area contributed by atoms with Crippen LogP contribution in [0.4, 0.5) is 0 Å². The molecule has 0 N–H and O–H groups in total. The molecule has 3 nitrogen and oxygen atoms in total. The highest BCUT2D eigenvalue weighted by molar-refractivity contribution is 7.95. The van der Waals surface area contributed by atoms with Crippen LogP contribution in [-0.2, 0) is 14.6 Å². The van der Waals surface area contributed by atoms with E-state index < -0.39 is 9.84 Å². The van der Waals surface area contributed by atoms with E-state index in [1.807, 2.05) is 0 Å². The van der Waals surface area contributed by atoms with Crippen molar-refractivity contribution in [2.45, 2.75) is 11.8 Å². The molecule has 0 fully saturated rings. The van der Waals surface area contributed by atoms with Gasteiger partial charge in [-0.3, -0.25) is 4.79 Å². The van der Waals surface area contributed by atoms with Gasteiger partial charge in [-0.25, -0.2) is 8.42 Å². The third-order valence-corrected chi connectivity index (χ3v) is 4.18. The molecule has 1 aliphatic rings. The van der Waals surface area contributed by atoms with Crippen LogP contribution in [-0.4, -0.2) is 14.2 Å². The molecule has 15 heavy (non-hydrogen) atoms. The molecular formula is C10H7ClO3S. The smallest absolute Gasteiger partial charge is 0.202 e. The van der Waals surface area contributed by atoms with E-state index in [4.69, 9.17) is 11.6 Å². The maximum Gasteiger partial charge on any atom is 0.202 e. The predicted octanol–water partition coefficient (Wildman–Crippen LogP) is 2.06. The van der Waals surface area contributed by atoms with Gasteiger partial charge in [0.25, 0.3) is 0 Å². The van der Waals surface area contributed by atoms with E-state index >= 15 is 0 Å². The minimum atomic E-state index is -3.55. The number of carbonyl (C=O) groups excluding carboxylic acids is 1. The highest BCUT2D eigenvalue weighted by atomic mass is 35.5. The molecule has 0 aromatic heterocycles. The van der Waals surface area contributed by atoms with Crippen molar-refractivity contribution in [2.75, 3.05) is 0 Å². The molecule has 0 bridgehead atoms. The van der Waals surface area contributed by atoms with Gasteiger partial charge in [-0.2, -0.15) is 0 Å². The zero-order valence-corrected chi connectivity index (χ0v) is 9.39. The maximum atomic E-state index is 11.7. The molecule has 0 saturated carbocycles. The largest absolute Gasteiger partial charge is 0.294 e. The van der Waals surface area contributed by atoms with E-state index in [2.05, 4.69) is 0 Å². The Morgan fingerprint density at radius 3 is 2.60 bits per heavy atom. The summed E-state index contributed by atoms with van der Waals surface area (Å²) in [4.78, 5) is 11.3. The maximum absolute atomic E-state index is 11.7. The van der Waals surface area contributed by atoms with Crippen molar-refractivity contribution in [1.29, 1.82) is 0 Å². The number of benzene rings is 1. The summed E-state index contributed by atoms with van der Waals surface area (Å²) in [6.45, 7) is 1.33. The number of halogens is 1. The molecule has 0 amide bonds. The molecule has 2 rings (SSSR count). The molecule has 1 aromatic rings. The van der Waals surface area contributed by atoms with Crippen molar-refractivity contribution in [3.05, 3.63) is 34.2 Å². The number of sulfone groups is 1. The van der Waals surface area contributed by atoms with E-state index in [0.29, 0.717) is 5.56 Å². The molecular weight excluding hydrogens is 236 g/mol. The number of hydrogen-bond donors (Lipinski definition) is 0. The first kappa shape index (κ1) is 10.4. The topological polar surface area (TPSA) is 51.2 Å². The first-order valence-corrected chi connectivity index (χ1v) is 6.12. The summed E-state index contributed by atoms with van der Waals surface area (Å²) >= 11 is 5.80. The highest BCUT2D eigenvalue weighted by Crippen LogP contribution is 2.38. The molecule has 0 atom stereocenters. The molecule has 0 spiro atoms. The van der Waals surface area contributed by atoms with Crippen molar-refractivity contribution in [1.82, 2.24) is 0 Å². The number of ketones is 1. The van der Waals surface area contributed by atoms with Crippen LogP contribution >= 0.6 is 11.6 Å². The Bertz CT molecular complexity index is 585. The van der Waals surface area contributed by atoms with Gasteiger partial charge in [0.05, 0.1) is 9.92 Å². The lowest BCUT2D eigenvalue weighted by Gasteiger charge is -2.02. The lowest BCUT2D eigenvalue weighted by atomic mass is 10.1. The quantitative estimate of drug-likeness (QED) is 0.757. The summed E-state index contributed by atoms with van der Waals surface area (Å²) in [5.74, 6) is -0.278. The molecule has 5 heteroatoms. The average molecular weight is 243 g/mol. The Morgan fingerprint density at radius 1 is 1.33 bits per heavy atom. The zero-order chi connectivity index (χ0) is 11.2. The lowest BCUT2D eigenvalue weighted by molar-refractivity contribution is -0.111. The Labute approximate surface area is 92.3 Å². The molecule has 78 valence electrons. The van der Waals surface area contributed by atoms with Crippen LogP contribution in [0.1, 0.15) is 12.5 Å². The van der Waals surface area contributed by atoms with Crippen LogP contribution in [0, 0.1) is 0 Å². The Balaban J connectivity index is 2.85. The van der Waals surface area contributed by atoms with Gasteiger partial charge in [-0.1, -0.05) is 23.7 Å². The van der Waals surface area contributed by atoms with E-state index in [0.717, 1.165) is 5.41 Å². The predicted molar refractivity (Wildman–Crippen MR) is 57.3 cm³/mol. The minimum Gasteiger partial charge on any atom is -0.294 e. The van der Waals surface area contributed by atoms with Crippen LogP contribution in [0.25, 0.3) is 5.57 Å². The second-order valence-electron chi connectivity index (χ2n) is 3.25. The summed E-state index contributed by atoms with van der Waals surface area (Å²) in [6, 6.07) is 4.70. The molecule has 0 aliphatic carbocycles. The fraction of sp³-hybridized carbons (Fsp3) is 0.100. The second-order valence-corrected chi connectivity index (χ2v) is 5.39. The normalized spacial score (nSPS) is 17.1. The molecule has 0 unspecified atom stereocenters. The number of allylic oxidation sites excluding steroid dienone is 1. The minimum absolute atomic E-state index is 0.0388. The van der Waals surface area contributed by atoms with Crippen LogP contribution < -0.4 is 0 Å². The third-order valence-electron chi connectivity index (χ3n) is 2.19. The number of hydrogen-bond acceptors (Lipinski definition) is 3. The van der Waals surface area contributed by atoms with Gasteiger partial charge in [0.1, 0.15) is 0 Å². The van der Waals surface area contributed by atoms with Gasteiger partial charge in [0, 0.05) is 16.5 Å². The van der Waals surface area contributed by atoms with Crippen molar-refractivity contribution in [2.24, 2.45) is 0 Å². The second kappa shape index (κ2) is 3.18. The summed E-state index contributed by atoms with van der Waals surface area (Å²) in [5, 5.41) is 1.13. The van der Waals surface area contributed by atoms with E-state index in [1.54, 1.807) is 12.1 Å². The van der Waals surface area contributed by atoms with Crippen LogP contribution in [0.15, 0.2) is 28.5 Å². The Morgan fingerprint density at radius 2 is 2.00 bits per heavy atom. The number of carbonyl (C=O) groups is 1. The Hall–Kier alpha value is -1.13. The monoisotopic (exact) mass is 242 g/mol. The number of Topliss-reactive ketones (excluding diaryl/α,β-unsaturated/α-hetero) is 1. The summed E-state index contributed by atoms with van der Waals surface area (Å²) in [6.07, 6.45) is 0. The molecule has 1 heterocycles. The standard InChI is InChI=1S/C10H7ClO3S/c1-6(12)8-5-15(13,14)10-7(8)3-2-4-9(10)11/h2-5H,1H3. The summed E-state index contributed by atoms with van der Waals surface area (Å²) in [5.41, 5.74) is 0.600. The van der Waals surface area contributed by atoms with Crippen LogP contribution in [0.3, 0.4) is 0 Å². The Kier molecular flexibility index (Phi) is 2.20. The third kappa shape index (κ3) is 1.50.